The zero-order chi connectivity index (χ0) is 27.5. The standard InChI is InChI=1S/C28H24ClN3O3.C2H6/c1-18(29)5-6-19(2)32(4)24-9-12-27(31-17-24)28(34)23-13-22(20(3)33)14-26(15-23)35-25-10-7-21(16-30)8-11-25;1-2/h5-15,17,33H,3H2,1-2,4H3;1-2H3/b18-5+,19-6+;. The van der Waals surface area contributed by atoms with Crippen molar-refractivity contribution in [2.75, 3.05) is 11.9 Å². The SMILES string of the molecule is C=C(O)c1cc(Oc2ccc(C#N)cc2)cc(C(=O)c2ccc(N(C)/C(C)=C/C=C(\C)Cl)cn2)c1.CC. The fraction of sp³-hybridized carbons (Fsp3) is 0.167. The van der Waals surface area contributed by atoms with Crippen LogP contribution in [0.3, 0.4) is 0 Å². The molecule has 37 heavy (non-hydrogen) atoms. The monoisotopic (exact) mass is 515 g/mol. The summed E-state index contributed by atoms with van der Waals surface area (Å²) in [5, 5.41) is 19.6. The predicted molar refractivity (Wildman–Crippen MR) is 150 cm³/mol. The third kappa shape index (κ3) is 8.09. The van der Waals surface area contributed by atoms with E-state index in [1.54, 1.807) is 67.7 Å². The lowest BCUT2D eigenvalue weighted by Gasteiger charge is -2.19. The molecule has 190 valence electrons. The van der Waals surface area contributed by atoms with Crippen LogP contribution < -0.4 is 9.64 Å². The van der Waals surface area contributed by atoms with Gasteiger partial charge in [0, 0.05) is 28.9 Å². The number of nitrogens with zero attached hydrogens (tertiary/aromatic N) is 3. The van der Waals surface area contributed by atoms with Gasteiger partial charge in [0.25, 0.3) is 0 Å². The normalized spacial score (nSPS) is 11.1. The molecule has 3 rings (SSSR count). The van der Waals surface area contributed by atoms with Crippen LogP contribution in [0, 0.1) is 11.3 Å². The highest BCUT2D eigenvalue weighted by atomic mass is 35.5. The first-order valence-corrected chi connectivity index (χ1v) is 12.0. The minimum Gasteiger partial charge on any atom is -0.508 e. The molecule has 0 radical (unpaired) electrons. The van der Waals surface area contributed by atoms with E-state index in [9.17, 15) is 9.90 Å². The van der Waals surface area contributed by atoms with Gasteiger partial charge in [0.1, 0.15) is 23.0 Å². The summed E-state index contributed by atoms with van der Waals surface area (Å²) in [4.78, 5) is 19.5. The average molecular weight is 516 g/mol. The molecule has 1 N–H and O–H groups in total. The first-order chi connectivity index (χ1) is 17.7. The predicted octanol–water partition coefficient (Wildman–Crippen LogP) is 8.01. The van der Waals surface area contributed by atoms with E-state index in [0.29, 0.717) is 27.7 Å². The number of allylic oxidation sites excluding steroid dienone is 4. The molecule has 0 amide bonds. The Hall–Kier alpha value is -4.34. The molecule has 0 unspecified atom stereocenters. The molecule has 1 aromatic heterocycles. The first kappa shape index (κ1) is 28.9. The zero-order valence-electron chi connectivity index (χ0n) is 21.6. The van der Waals surface area contributed by atoms with Crippen molar-refractivity contribution < 1.29 is 14.6 Å². The first-order valence-electron chi connectivity index (χ1n) is 11.6. The van der Waals surface area contributed by atoms with Crippen molar-refractivity contribution >= 4 is 28.8 Å². The van der Waals surface area contributed by atoms with E-state index in [2.05, 4.69) is 11.6 Å². The Morgan fingerprint density at radius 2 is 1.70 bits per heavy atom. The van der Waals surface area contributed by atoms with E-state index in [-0.39, 0.29) is 22.8 Å². The van der Waals surface area contributed by atoms with Gasteiger partial charge in [-0.1, -0.05) is 32.0 Å². The van der Waals surface area contributed by atoms with E-state index >= 15 is 0 Å². The van der Waals surface area contributed by atoms with Crippen LogP contribution in [0.2, 0.25) is 0 Å². The number of halogens is 1. The summed E-state index contributed by atoms with van der Waals surface area (Å²) in [7, 11) is 1.89. The Balaban J connectivity index is 0.00000235. The number of aliphatic hydroxyl groups excluding tert-OH is 1. The number of hydrogen-bond acceptors (Lipinski definition) is 6. The summed E-state index contributed by atoms with van der Waals surface area (Å²) in [6.45, 7) is 11.3. The van der Waals surface area contributed by atoms with Crippen LogP contribution in [0.25, 0.3) is 5.76 Å². The lowest BCUT2D eigenvalue weighted by atomic mass is 10.0. The quantitative estimate of drug-likeness (QED) is 0.186. The molecule has 0 atom stereocenters. The van der Waals surface area contributed by atoms with E-state index in [1.807, 2.05) is 44.9 Å². The van der Waals surface area contributed by atoms with Gasteiger partial charge < -0.3 is 14.7 Å². The number of benzene rings is 2. The van der Waals surface area contributed by atoms with Crippen LogP contribution in [0.1, 0.15) is 54.9 Å². The second-order valence-electron chi connectivity index (χ2n) is 7.78. The number of carbonyl (C=O) groups excluding carboxylic acids is 1. The van der Waals surface area contributed by atoms with Crippen molar-refractivity contribution in [3.05, 3.63) is 113 Å². The van der Waals surface area contributed by atoms with Crippen molar-refractivity contribution in [2.24, 2.45) is 0 Å². The van der Waals surface area contributed by atoms with Crippen molar-refractivity contribution in [2.45, 2.75) is 27.7 Å². The van der Waals surface area contributed by atoms with E-state index in [1.165, 1.54) is 6.07 Å². The molecule has 2 aromatic carbocycles. The van der Waals surface area contributed by atoms with Gasteiger partial charge in [-0.3, -0.25) is 9.78 Å². The zero-order valence-corrected chi connectivity index (χ0v) is 22.4. The van der Waals surface area contributed by atoms with Crippen molar-refractivity contribution in [1.29, 1.82) is 5.26 Å². The van der Waals surface area contributed by atoms with Gasteiger partial charge in [-0.25, -0.2) is 0 Å². The smallest absolute Gasteiger partial charge is 0.211 e. The van der Waals surface area contributed by atoms with E-state index < -0.39 is 0 Å². The number of hydrogen-bond donors (Lipinski definition) is 1. The van der Waals surface area contributed by atoms with Crippen LogP contribution in [-0.2, 0) is 0 Å². The Morgan fingerprint density at radius 1 is 1.05 bits per heavy atom. The fourth-order valence-electron chi connectivity index (χ4n) is 3.11. The van der Waals surface area contributed by atoms with Gasteiger partial charge in [0.15, 0.2) is 0 Å². The van der Waals surface area contributed by atoms with Crippen LogP contribution in [0.5, 0.6) is 11.5 Å². The maximum Gasteiger partial charge on any atom is 0.211 e. The summed E-state index contributed by atoms with van der Waals surface area (Å²) in [5.74, 6) is 0.291. The molecule has 0 aliphatic rings. The van der Waals surface area contributed by atoms with Crippen molar-refractivity contribution in [3.63, 3.8) is 0 Å². The number of pyridine rings is 1. The lowest BCUT2D eigenvalue weighted by Crippen LogP contribution is -2.15. The molecule has 0 aliphatic carbocycles. The second-order valence-corrected chi connectivity index (χ2v) is 8.38. The molecule has 0 saturated carbocycles. The fourth-order valence-corrected chi connectivity index (χ4v) is 3.17. The van der Waals surface area contributed by atoms with Crippen LogP contribution in [0.4, 0.5) is 5.69 Å². The van der Waals surface area contributed by atoms with Gasteiger partial charge in [-0.05, 0) is 80.6 Å². The van der Waals surface area contributed by atoms with Crippen molar-refractivity contribution in [3.8, 4) is 17.6 Å². The van der Waals surface area contributed by atoms with Gasteiger partial charge in [-0.15, -0.1) is 0 Å². The largest absolute Gasteiger partial charge is 0.508 e. The number of ketones is 1. The third-order valence-electron chi connectivity index (χ3n) is 5.17. The Morgan fingerprint density at radius 3 is 2.24 bits per heavy atom. The third-order valence-corrected chi connectivity index (χ3v) is 5.30. The Bertz CT molecular complexity index is 1350. The number of rotatable bonds is 8. The molecule has 3 aromatic rings. The van der Waals surface area contributed by atoms with Crippen LogP contribution >= 0.6 is 11.6 Å². The average Bonchev–Trinajstić information content (AvgIpc) is 2.92. The van der Waals surface area contributed by atoms with E-state index in [4.69, 9.17) is 21.6 Å². The molecule has 0 bridgehead atoms. The molecular formula is C30H30ClN3O3. The summed E-state index contributed by atoms with van der Waals surface area (Å²) < 4.78 is 5.85. The maximum atomic E-state index is 13.2. The Labute approximate surface area is 223 Å². The molecule has 1 heterocycles. The summed E-state index contributed by atoms with van der Waals surface area (Å²) in [6.07, 6.45) is 5.31. The highest BCUT2D eigenvalue weighted by molar-refractivity contribution is 6.29. The topological polar surface area (TPSA) is 86.4 Å². The maximum absolute atomic E-state index is 13.2. The number of anilines is 1. The van der Waals surface area contributed by atoms with E-state index in [0.717, 1.165) is 11.4 Å². The lowest BCUT2D eigenvalue weighted by molar-refractivity contribution is 0.103. The number of carbonyl (C=O) groups is 1. The molecule has 0 aliphatic heterocycles. The van der Waals surface area contributed by atoms with Gasteiger partial charge in [-0.2, -0.15) is 5.26 Å². The Kier molecular flexibility index (Phi) is 10.7. The molecular weight excluding hydrogens is 486 g/mol. The number of aromatic nitrogens is 1. The molecule has 7 heteroatoms. The van der Waals surface area contributed by atoms with Crippen molar-refractivity contribution in [1.82, 2.24) is 4.98 Å². The van der Waals surface area contributed by atoms with Gasteiger partial charge in [0.05, 0.1) is 23.5 Å². The minimum atomic E-state index is -0.333. The number of ether oxygens (including phenoxy) is 1. The highest BCUT2D eigenvalue weighted by Gasteiger charge is 2.15. The summed E-state index contributed by atoms with van der Waals surface area (Å²) in [6, 6.07) is 16.7. The molecule has 0 saturated heterocycles. The van der Waals surface area contributed by atoms with Gasteiger partial charge in [0.2, 0.25) is 5.78 Å². The highest BCUT2D eigenvalue weighted by Crippen LogP contribution is 2.28. The minimum absolute atomic E-state index is 0.197. The number of aliphatic hydroxyl groups is 1. The van der Waals surface area contributed by atoms with Crippen LogP contribution in [0.15, 0.2) is 90.3 Å². The molecule has 6 nitrogen and oxygen atoms in total. The number of nitriles is 1. The summed E-state index contributed by atoms with van der Waals surface area (Å²) >= 11 is 5.89. The van der Waals surface area contributed by atoms with Gasteiger partial charge >= 0.3 is 0 Å². The molecule has 0 spiro atoms. The molecule has 0 fully saturated rings. The summed E-state index contributed by atoms with van der Waals surface area (Å²) in [5.41, 5.74) is 3.13. The second kappa shape index (κ2) is 13.7. The van der Waals surface area contributed by atoms with Crippen LogP contribution in [-0.4, -0.2) is 22.9 Å².